The van der Waals surface area contributed by atoms with Gasteiger partial charge in [0.1, 0.15) is 17.3 Å². The zero-order valence-corrected chi connectivity index (χ0v) is 17.1. The summed E-state index contributed by atoms with van der Waals surface area (Å²) in [7, 11) is 0. The molecule has 0 saturated carbocycles. The van der Waals surface area contributed by atoms with Gasteiger partial charge in [-0.2, -0.15) is 0 Å². The maximum atomic E-state index is 12.4. The second-order valence-electron chi connectivity index (χ2n) is 6.53. The van der Waals surface area contributed by atoms with Crippen LogP contribution in [0.25, 0.3) is 0 Å². The van der Waals surface area contributed by atoms with Gasteiger partial charge in [-0.1, -0.05) is 13.0 Å². The second-order valence-corrected chi connectivity index (χ2v) is 7.33. The number of likely N-dealkylation sites (N-methyl/N-ethyl adjacent to an activating group) is 1. The molecule has 0 radical (unpaired) electrons. The number of nitrogens with zero attached hydrogens (tertiary/aromatic N) is 3. The highest BCUT2D eigenvalue weighted by atomic mass is 79.9. The lowest BCUT2D eigenvalue weighted by Crippen LogP contribution is -2.46. The summed E-state index contributed by atoms with van der Waals surface area (Å²) in [6, 6.07) is 4.06. The summed E-state index contributed by atoms with van der Waals surface area (Å²) >= 11 is 3.41. The Kier molecular flexibility index (Phi) is 5.98. The number of piperazine rings is 1. The fourth-order valence-electron chi connectivity index (χ4n) is 3.19. The number of rotatable bonds is 5. The molecule has 3 rings (SSSR count). The van der Waals surface area contributed by atoms with Crippen LogP contribution in [0.5, 0.6) is 0 Å². The topological polar surface area (TPSA) is 61.6 Å². The van der Waals surface area contributed by atoms with Crippen LogP contribution in [-0.2, 0) is 6.54 Å². The van der Waals surface area contributed by atoms with E-state index in [1.54, 1.807) is 6.92 Å². The molecule has 140 valence electrons. The Labute approximate surface area is 162 Å². The van der Waals surface area contributed by atoms with Crippen molar-refractivity contribution in [1.29, 1.82) is 0 Å². The Morgan fingerprint density at radius 1 is 1.23 bits per heavy atom. The number of anilines is 1. The molecule has 0 aliphatic carbocycles. The van der Waals surface area contributed by atoms with E-state index >= 15 is 0 Å². The molecule has 26 heavy (non-hydrogen) atoms. The van der Waals surface area contributed by atoms with E-state index in [9.17, 15) is 4.79 Å². The molecule has 0 atom stereocenters. The van der Waals surface area contributed by atoms with Gasteiger partial charge in [-0.3, -0.25) is 4.79 Å². The maximum absolute atomic E-state index is 12.4. The van der Waals surface area contributed by atoms with Crippen LogP contribution >= 0.6 is 15.9 Å². The van der Waals surface area contributed by atoms with E-state index in [1.165, 1.54) is 0 Å². The van der Waals surface area contributed by atoms with Gasteiger partial charge >= 0.3 is 0 Å². The summed E-state index contributed by atoms with van der Waals surface area (Å²) < 4.78 is 6.20. The molecule has 1 fully saturated rings. The van der Waals surface area contributed by atoms with Gasteiger partial charge in [0.2, 0.25) is 0 Å². The van der Waals surface area contributed by atoms with Crippen LogP contribution in [0.4, 0.5) is 5.82 Å². The van der Waals surface area contributed by atoms with Crippen molar-refractivity contribution < 1.29 is 9.21 Å². The van der Waals surface area contributed by atoms with Gasteiger partial charge in [-0.25, -0.2) is 4.98 Å². The maximum Gasteiger partial charge on any atom is 0.256 e. The number of pyridine rings is 1. The highest BCUT2D eigenvalue weighted by Crippen LogP contribution is 2.27. The summed E-state index contributed by atoms with van der Waals surface area (Å²) in [5.74, 6) is 2.18. The first-order valence-corrected chi connectivity index (χ1v) is 9.74. The number of carbonyl (C=O) groups is 1. The number of hydrogen-bond acceptors (Lipinski definition) is 5. The van der Waals surface area contributed by atoms with Crippen molar-refractivity contribution in [2.75, 3.05) is 37.6 Å². The fraction of sp³-hybridized carbons (Fsp3) is 0.474. The zero-order valence-electron chi connectivity index (χ0n) is 15.5. The van der Waals surface area contributed by atoms with Gasteiger partial charge in [0.25, 0.3) is 5.91 Å². The first-order valence-electron chi connectivity index (χ1n) is 8.95. The van der Waals surface area contributed by atoms with Crippen molar-refractivity contribution in [2.45, 2.75) is 27.3 Å². The SMILES string of the molecule is CCN1CCN(c2ccc(CNC(=O)c3c(C)oc(C)c3Br)cn2)CC1. The lowest BCUT2D eigenvalue weighted by Gasteiger charge is -2.34. The van der Waals surface area contributed by atoms with Crippen molar-refractivity contribution in [3.63, 3.8) is 0 Å². The van der Waals surface area contributed by atoms with Gasteiger partial charge in [-0.15, -0.1) is 0 Å². The molecule has 1 amide bonds. The van der Waals surface area contributed by atoms with Crippen LogP contribution in [-0.4, -0.2) is 48.5 Å². The molecular weight excluding hydrogens is 396 g/mol. The van der Waals surface area contributed by atoms with Gasteiger partial charge < -0.3 is 19.5 Å². The minimum absolute atomic E-state index is 0.147. The third-order valence-corrected chi connectivity index (χ3v) is 5.77. The summed E-state index contributed by atoms with van der Waals surface area (Å²) in [6.07, 6.45) is 1.84. The summed E-state index contributed by atoms with van der Waals surface area (Å²) in [5.41, 5.74) is 1.53. The average Bonchev–Trinajstić information content (AvgIpc) is 2.92. The van der Waals surface area contributed by atoms with Crippen LogP contribution in [0.3, 0.4) is 0 Å². The Morgan fingerprint density at radius 2 is 1.96 bits per heavy atom. The van der Waals surface area contributed by atoms with E-state index in [4.69, 9.17) is 4.42 Å². The molecule has 1 saturated heterocycles. The highest BCUT2D eigenvalue weighted by Gasteiger charge is 2.20. The number of nitrogens with one attached hydrogen (secondary N) is 1. The van der Waals surface area contributed by atoms with Gasteiger partial charge in [0, 0.05) is 38.9 Å². The molecule has 2 aromatic rings. The molecule has 0 unspecified atom stereocenters. The lowest BCUT2D eigenvalue weighted by atomic mass is 10.2. The van der Waals surface area contributed by atoms with Crippen LogP contribution in [0.2, 0.25) is 0 Å². The van der Waals surface area contributed by atoms with Crippen LogP contribution in [0, 0.1) is 13.8 Å². The number of carbonyl (C=O) groups excluding carboxylic acids is 1. The molecule has 1 aliphatic rings. The predicted molar refractivity (Wildman–Crippen MR) is 106 cm³/mol. The quantitative estimate of drug-likeness (QED) is 0.804. The number of furan rings is 1. The van der Waals surface area contributed by atoms with Gasteiger partial charge in [-0.05, 0) is 48.0 Å². The lowest BCUT2D eigenvalue weighted by molar-refractivity contribution is 0.0948. The summed E-state index contributed by atoms with van der Waals surface area (Å²) in [4.78, 5) is 21.7. The third-order valence-electron chi connectivity index (χ3n) is 4.82. The standard InChI is InChI=1S/C19H25BrN4O2/c1-4-23-7-9-24(10-8-23)16-6-5-15(11-21-16)12-22-19(25)17-13(2)26-14(3)18(17)20/h5-6,11H,4,7-10,12H2,1-3H3,(H,22,25). The van der Waals surface area contributed by atoms with E-state index in [2.05, 4.69) is 43.0 Å². The smallest absolute Gasteiger partial charge is 0.256 e. The van der Waals surface area contributed by atoms with E-state index in [0.717, 1.165) is 44.1 Å². The fourth-order valence-corrected chi connectivity index (χ4v) is 3.73. The van der Waals surface area contributed by atoms with Crippen molar-refractivity contribution in [1.82, 2.24) is 15.2 Å². The van der Waals surface area contributed by atoms with E-state index < -0.39 is 0 Å². The normalized spacial score (nSPS) is 15.3. The number of aromatic nitrogens is 1. The van der Waals surface area contributed by atoms with E-state index in [0.29, 0.717) is 28.1 Å². The number of aryl methyl sites for hydroxylation is 2. The van der Waals surface area contributed by atoms with Crippen LogP contribution in [0.15, 0.2) is 27.2 Å². The Morgan fingerprint density at radius 3 is 2.50 bits per heavy atom. The number of hydrogen-bond donors (Lipinski definition) is 1. The highest BCUT2D eigenvalue weighted by molar-refractivity contribution is 9.10. The average molecular weight is 421 g/mol. The zero-order chi connectivity index (χ0) is 18.7. The second kappa shape index (κ2) is 8.22. The largest absolute Gasteiger partial charge is 0.465 e. The van der Waals surface area contributed by atoms with Crippen molar-refractivity contribution in [3.8, 4) is 0 Å². The Balaban J connectivity index is 1.57. The predicted octanol–water partition coefficient (Wildman–Crippen LogP) is 3.13. The molecule has 0 aromatic carbocycles. The summed E-state index contributed by atoms with van der Waals surface area (Å²) in [6.45, 7) is 11.5. The molecule has 7 heteroatoms. The minimum atomic E-state index is -0.147. The van der Waals surface area contributed by atoms with Crippen molar-refractivity contribution in [3.05, 3.63) is 45.4 Å². The molecule has 2 aromatic heterocycles. The molecule has 6 nitrogen and oxygen atoms in total. The minimum Gasteiger partial charge on any atom is -0.465 e. The van der Waals surface area contributed by atoms with Crippen LogP contribution < -0.4 is 10.2 Å². The molecule has 1 aliphatic heterocycles. The van der Waals surface area contributed by atoms with Crippen molar-refractivity contribution in [2.24, 2.45) is 0 Å². The van der Waals surface area contributed by atoms with E-state index in [1.807, 2.05) is 25.3 Å². The van der Waals surface area contributed by atoms with Gasteiger partial charge in [0.15, 0.2) is 0 Å². The molecule has 3 heterocycles. The number of halogens is 1. The first kappa shape index (κ1) is 18.9. The Hall–Kier alpha value is -1.86. The third kappa shape index (κ3) is 4.10. The monoisotopic (exact) mass is 420 g/mol. The number of amides is 1. The molecule has 0 bridgehead atoms. The Bertz CT molecular complexity index is 765. The molecular formula is C19H25BrN4O2. The molecule has 1 N–H and O–H groups in total. The van der Waals surface area contributed by atoms with Crippen molar-refractivity contribution >= 4 is 27.7 Å². The summed E-state index contributed by atoms with van der Waals surface area (Å²) in [5, 5.41) is 2.93. The van der Waals surface area contributed by atoms with Crippen LogP contribution in [0.1, 0.15) is 34.4 Å². The molecule has 0 spiro atoms. The van der Waals surface area contributed by atoms with E-state index in [-0.39, 0.29) is 5.91 Å². The first-order chi connectivity index (χ1) is 12.5. The van der Waals surface area contributed by atoms with Gasteiger partial charge in [0.05, 0.1) is 10.0 Å².